The van der Waals surface area contributed by atoms with Gasteiger partial charge in [-0.2, -0.15) is 0 Å². The van der Waals surface area contributed by atoms with Gasteiger partial charge in [0, 0.05) is 30.5 Å². The van der Waals surface area contributed by atoms with Crippen molar-refractivity contribution in [1.29, 1.82) is 0 Å². The molecule has 0 radical (unpaired) electrons. The minimum absolute atomic E-state index is 0.0392. The smallest absolute Gasteiger partial charge is 0.233 e. The molecule has 0 saturated carbocycles. The minimum atomic E-state index is 0.0392. The first-order valence-corrected chi connectivity index (χ1v) is 11.1. The van der Waals surface area contributed by atoms with Gasteiger partial charge in [0.15, 0.2) is 5.13 Å². The largest absolute Gasteiger partial charge is 0.337 e. The van der Waals surface area contributed by atoms with Crippen LogP contribution in [0.25, 0.3) is 10.2 Å². The molecule has 0 aliphatic heterocycles. The molecule has 0 fully saturated rings. The van der Waals surface area contributed by atoms with Crippen molar-refractivity contribution in [2.24, 2.45) is 0 Å². The maximum atomic E-state index is 13.3. The number of benzene rings is 2. The van der Waals surface area contributed by atoms with Gasteiger partial charge in [0.25, 0.3) is 0 Å². The molecule has 0 spiro atoms. The zero-order valence-corrected chi connectivity index (χ0v) is 18.6. The normalized spacial score (nSPS) is 11.2. The lowest BCUT2D eigenvalue weighted by molar-refractivity contribution is -0.118. The Morgan fingerprint density at radius 1 is 1.13 bits per heavy atom. The highest BCUT2D eigenvalue weighted by Crippen LogP contribution is 2.33. The molecule has 0 bridgehead atoms. The molecule has 4 rings (SSSR count). The lowest BCUT2D eigenvalue weighted by Gasteiger charge is -2.20. The molecule has 7 heteroatoms. The van der Waals surface area contributed by atoms with Gasteiger partial charge in [-0.05, 0) is 49.1 Å². The van der Waals surface area contributed by atoms with Crippen molar-refractivity contribution in [3.8, 4) is 0 Å². The van der Waals surface area contributed by atoms with Gasteiger partial charge in [0.2, 0.25) is 5.91 Å². The average Bonchev–Trinajstić information content (AvgIpc) is 3.40. The molecular formula is C23H23ClN4OS. The third kappa shape index (κ3) is 4.55. The number of aromatic nitrogens is 3. The summed E-state index contributed by atoms with van der Waals surface area (Å²) in [6.45, 7) is 5.54. The second kappa shape index (κ2) is 8.98. The molecule has 0 aliphatic carbocycles. The van der Waals surface area contributed by atoms with Crippen LogP contribution in [-0.2, 0) is 17.8 Å². The summed E-state index contributed by atoms with van der Waals surface area (Å²) in [4.78, 5) is 24.0. The maximum Gasteiger partial charge on any atom is 0.233 e. The van der Waals surface area contributed by atoms with E-state index in [2.05, 4.69) is 31.0 Å². The van der Waals surface area contributed by atoms with Crippen LogP contribution in [0, 0.1) is 13.8 Å². The van der Waals surface area contributed by atoms with E-state index in [-0.39, 0.29) is 5.91 Å². The molecule has 30 heavy (non-hydrogen) atoms. The number of aryl methyl sites for hydroxylation is 3. The molecule has 4 aromatic rings. The Balaban J connectivity index is 1.60. The van der Waals surface area contributed by atoms with Crippen molar-refractivity contribution >= 4 is 44.2 Å². The number of fused-ring (bicyclic) bond motifs is 1. The molecule has 2 aromatic heterocycles. The monoisotopic (exact) mass is 438 g/mol. The summed E-state index contributed by atoms with van der Waals surface area (Å²) in [7, 11) is 0. The predicted molar refractivity (Wildman–Crippen MR) is 123 cm³/mol. The Hall–Kier alpha value is -2.70. The topological polar surface area (TPSA) is 51.0 Å². The SMILES string of the molecule is Cc1ccc(C)c2sc(N(CCCn3ccnc3)C(=O)Cc3ccc(Cl)cc3)nc12. The van der Waals surface area contributed by atoms with Crippen LogP contribution in [0.2, 0.25) is 5.02 Å². The van der Waals surface area contributed by atoms with Crippen molar-refractivity contribution in [1.82, 2.24) is 14.5 Å². The van der Waals surface area contributed by atoms with Crippen molar-refractivity contribution in [2.75, 3.05) is 11.4 Å². The quantitative estimate of drug-likeness (QED) is 0.386. The third-order valence-corrected chi connectivity index (χ3v) is 6.55. The van der Waals surface area contributed by atoms with Crippen LogP contribution >= 0.6 is 22.9 Å². The summed E-state index contributed by atoms with van der Waals surface area (Å²) in [6.07, 6.45) is 6.63. The summed E-state index contributed by atoms with van der Waals surface area (Å²) in [6, 6.07) is 11.6. The summed E-state index contributed by atoms with van der Waals surface area (Å²) in [5.74, 6) is 0.0392. The Morgan fingerprint density at radius 3 is 2.60 bits per heavy atom. The first-order valence-electron chi connectivity index (χ1n) is 9.88. The van der Waals surface area contributed by atoms with Crippen LogP contribution in [0.15, 0.2) is 55.1 Å². The molecule has 2 heterocycles. The van der Waals surface area contributed by atoms with E-state index in [9.17, 15) is 4.79 Å². The van der Waals surface area contributed by atoms with E-state index in [1.165, 1.54) is 5.56 Å². The molecule has 0 aliphatic rings. The number of nitrogens with zero attached hydrogens (tertiary/aromatic N) is 4. The number of hydrogen-bond donors (Lipinski definition) is 0. The van der Waals surface area contributed by atoms with E-state index in [4.69, 9.17) is 16.6 Å². The Bertz CT molecular complexity index is 1110. The van der Waals surface area contributed by atoms with Gasteiger partial charge >= 0.3 is 0 Å². The molecule has 1 amide bonds. The van der Waals surface area contributed by atoms with Crippen molar-refractivity contribution in [2.45, 2.75) is 33.2 Å². The zero-order valence-electron chi connectivity index (χ0n) is 17.0. The van der Waals surface area contributed by atoms with E-state index >= 15 is 0 Å². The second-order valence-corrected chi connectivity index (χ2v) is 8.79. The van der Waals surface area contributed by atoms with Crippen molar-refractivity contribution in [3.05, 3.63) is 76.8 Å². The molecule has 0 atom stereocenters. The highest BCUT2D eigenvalue weighted by molar-refractivity contribution is 7.22. The lowest BCUT2D eigenvalue weighted by Crippen LogP contribution is -2.33. The summed E-state index contributed by atoms with van der Waals surface area (Å²) in [5, 5.41) is 1.42. The first kappa shape index (κ1) is 20.6. The number of carbonyl (C=O) groups excluding carboxylic acids is 1. The third-order valence-electron chi connectivity index (χ3n) is 5.09. The Morgan fingerprint density at radius 2 is 1.90 bits per heavy atom. The van der Waals surface area contributed by atoms with Crippen LogP contribution in [0.5, 0.6) is 0 Å². The highest BCUT2D eigenvalue weighted by atomic mass is 35.5. The number of imidazole rings is 1. The van der Waals surface area contributed by atoms with Gasteiger partial charge in [0.05, 0.1) is 23.0 Å². The Kier molecular flexibility index (Phi) is 6.16. The molecular weight excluding hydrogens is 416 g/mol. The molecule has 0 unspecified atom stereocenters. The summed E-state index contributed by atoms with van der Waals surface area (Å²) >= 11 is 7.58. The van der Waals surface area contributed by atoms with Gasteiger partial charge in [-0.1, -0.05) is 47.2 Å². The van der Waals surface area contributed by atoms with Crippen molar-refractivity contribution < 1.29 is 4.79 Å². The number of amides is 1. The molecule has 2 aromatic carbocycles. The number of halogens is 1. The van der Waals surface area contributed by atoms with E-state index in [0.717, 1.165) is 39.4 Å². The van der Waals surface area contributed by atoms with Crippen LogP contribution in [0.3, 0.4) is 0 Å². The van der Waals surface area contributed by atoms with Crippen LogP contribution < -0.4 is 4.90 Å². The number of anilines is 1. The van der Waals surface area contributed by atoms with E-state index in [1.807, 2.05) is 39.9 Å². The van der Waals surface area contributed by atoms with Crippen LogP contribution in [0.4, 0.5) is 5.13 Å². The van der Waals surface area contributed by atoms with Crippen LogP contribution in [-0.4, -0.2) is 27.0 Å². The number of hydrogen-bond acceptors (Lipinski definition) is 4. The highest BCUT2D eigenvalue weighted by Gasteiger charge is 2.21. The molecule has 154 valence electrons. The van der Waals surface area contributed by atoms with Gasteiger partial charge < -0.3 is 4.57 Å². The first-order chi connectivity index (χ1) is 14.5. The van der Waals surface area contributed by atoms with E-state index in [1.54, 1.807) is 23.9 Å². The standard InChI is InChI=1S/C23H23ClN4OS/c1-16-4-5-17(2)22-21(16)26-23(30-22)28(12-3-11-27-13-10-25-15-27)20(29)14-18-6-8-19(24)9-7-18/h4-10,13,15H,3,11-12,14H2,1-2H3. The number of thiazole rings is 1. The summed E-state index contributed by atoms with van der Waals surface area (Å²) < 4.78 is 3.16. The minimum Gasteiger partial charge on any atom is -0.337 e. The fourth-order valence-corrected chi connectivity index (χ4v) is 4.67. The molecule has 0 saturated heterocycles. The summed E-state index contributed by atoms with van der Waals surface area (Å²) in [5.41, 5.74) is 4.23. The van der Waals surface area contributed by atoms with Gasteiger partial charge in [-0.25, -0.2) is 9.97 Å². The predicted octanol–water partition coefficient (Wildman–Crippen LogP) is 5.43. The number of carbonyl (C=O) groups is 1. The molecule has 5 nitrogen and oxygen atoms in total. The average molecular weight is 439 g/mol. The Labute approximate surface area is 185 Å². The van der Waals surface area contributed by atoms with E-state index in [0.29, 0.717) is 18.0 Å². The lowest BCUT2D eigenvalue weighted by atomic mass is 10.1. The van der Waals surface area contributed by atoms with Crippen LogP contribution in [0.1, 0.15) is 23.1 Å². The van der Waals surface area contributed by atoms with Gasteiger partial charge in [0.1, 0.15) is 0 Å². The van der Waals surface area contributed by atoms with Gasteiger partial charge in [-0.3, -0.25) is 9.69 Å². The second-order valence-electron chi connectivity index (χ2n) is 7.38. The maximum absolute atomic E-state index is 13.3. The fourth-order valence-electron chi connectivity index (χ4n) is 3.39. The number of rotatable bonds is 7. The zero-order chi connectivity index (χ0) is 21.1. The van der Waals surface area contributed by atoms with Crippen molar-refractivity contribution in [3.63, 3.8) is 0 Å². The fraction of sp³-hybridized carbons (Fsp3) is 0.261. The van der Waals surface area contributed by atoms with Gasteiger partial charge in [-0.15, -0.1) is 0 Å². The van der Waals surface area contributed by atoms with E-state index < -0.39 is 0 Å². The molecule has 0 N–H and O–H groups in total.